The van der Waals surface area contributed by atoms with Crippen molar-refractivity contribution >= 4 is 21.8 Å². The zero-order chi connectivity index (χ0) is 15.3. The molecule has 1 aliphatic rings. The lowest BCUT2D eigenvalue weighted by Crippen LogP contribution is -2.44. The van der Waals surface area contributed by atoms with Crippen molar-refractivity contribution in [2.75, 3.05) is 31.1 Å². The molecule has 1 saturated heterocycles. The van der Waals surface area contributed by atoms with Gasteiger partial charge in [-0.2, -0.15) is 16.1 Å². The Bertz CT molecular complexity index is 543. The van der Waals surface area contributed by atoms with Gasteiger partial charge in [-0.15, -0.1) is 0 Å². The smallest absolute Gasteiger partial charge is 0.243 e. The van der Waals surface area contributed by atoms with Crippen LogP contribution in [0, 0.1) is 0 Å². The SMILES string of the molecule is CCNCCc1ccc(S(=O)(=O)N2CCSCC2C)cc1. The molecule has 1 N–H and O–H groups in total. The van der Waals surface area contributed by atoms with Gasteiger partial charge in [0.25, 0.3) is 0 Å². The van der Waals surface area contributed by atoms with Crippen molar-refractivity contribution in [2.24, 2.45) is 0 Å². The van der Waals surface area contributed by atoms with Crippen molar-refractivity contribution in [1.82, 2.24) is 9.62 Å². The van der Waals surface area contributed by atoms with E-state index in [1.807, 2.05) is 30.8 Å². The molecule has 1 heterocycles. The van der Waals surface area contributed by atoms with Crippen LogP contribution in [0.4, 0.5) is 0 Å². The summed E-state index contributed by atoms with van der Waals surface area (Å²) in [6.07, 6.45) is 0.922. The molecule has 2 rings (SSSR count). The standard InChI is InChI=1S/C15H24N2O2S2/c1-3-16-9-8-14-4-6-15(7-5-14)21(18,19)17-10-11-20-12-13(17)2/h4-7,13,16H,3,8-12H2,1-2H3. The Labute approximate surface area is 132 Å². The van der Waals surface area contributed by atoms with E-state index in [9.17, 15) is 8.42 Å². The molecule has 4 nitrogen and oxygen atoms in total. The summed E-state index contributed by atoms with van der Waals surface area (Å²) in [7, 11) is -3.35. The average Bonchev–Trinajstić information content (AvgIpc) is 2.48. The molecule has 0 amide bonds. The van der Waals surface area contributed by atoms with Crippen LogP contribution in [0.1, 0.15) is 19.4 Å². The van der Waals surface area contributed by atoms with Gasteiger partial charge < -0.3 is 5.32 Å². The van der Waals surface area contributed by atoms with E-state index in [1.165, 1.54) is 0 Å². The van der Waals surface area contributed by atoms with E-state index in [1.54, 1.807) is 16.4 Å². The number of likely N-dealkylation sites (N-methyl/N-ethyl adjacent to an activating group) is 1. The van der Waals surface area contributed by atoms with Crippen LogP contribution in [-0.4, -0.2) is 49.9 Å². The number of rotatable bonds is 6. The van der Waals surface area contributed by atoms with Gasteiger partial charge in [0.05, 0.1) is 4.90 Å². The van der Waals surface area contributed by atoms with E-state index in [0.717, 1.165) is 36.6 Å². The molecule has 0 saturated carbocycles. The minimum Gasteiger partial charge on any atom is -0.317 e. The molecule has 118 valence electrons. The highest BCUT2D eigenvalue weighted by Crippen LogP contribution is 2.24. The molecule has 0 radical (unpaired) electrons. The molecule has 0 bridgehead atoms. The Morgan fingerprint density at radius 1 is 1.33 bits per heavy atom. The largest absolute Gasteiger partial charge is 0.317 e. The minimum absolute atomic E-state index is 0.0715. The van der Waals surface area contributed by atoms with Crippen molar-refractivity contribution in [1.29, 1.82) is 0 Å². The molecule has 1 aromatic carbocycles. The zero-order valence-corrected chi connectivity index (χ0v) is 14.3. The second kappa shape index (κ2) is 7.63. The molecule has 0 aliphatic carbocycles. The van der Waals surface area contributed by atoms with Crippen molar-refractivity contribution in [3.63, 3.8) is 0 Å². The molecule has 1 unspecified atom stereocenters. The second-order valence-corrected chi connectivity index (χ2v) is 8.33. The first kappa shape index (κ1) is 16.8. The maximum atomic E-state index is 12.7. The maximum absolute atomic E-state index is 12.7. The van der Waals surface area contributed by atoms with Gasteiger partial charge >= 0.3 is 0 Å². The van der Waals surface area contributed by atoms with E-state index in [0.29, 0.717) is 11.4 Å². The van der Waals surface area contributed by atoms with Crippen LogP contribution in [0.25, 0.3) is 0 Å². The van der Waals surface area contributed by atoms with E-state index >= 15 is 0 Å². The number of thioether (sulfide) groups is 1. The number of benzene rings is 1. The van der Waals surface area contributed by atoms with Crippen LogP contribution in [0.3, 0.4) is 0 Å². The van der Waals surface area contributed by atoms with Crippen LogP contribution >= 0.6 is 11.8 Å². The van der Waals surface area contributed by atoms with Gasteiger partial charge in [0.2, 0.25) is 10.0 Å². The first-order valence-electron chi connectivity index (χ1n) is 7.45. The van der Waals surface area contributed by atoms with Crippen LogP contribution in [-0.2, 0) is 16.4 Å². The normalized spacial score (nSPS) is 20.6. The quantitative estimate of drug-likeness (QED) is 0.811. The summed E-state index contributed by atoms with van der Waals surface area (Å²) in [5.74, 6) is 1.75. The molecule has 21 heavy (non-hydrogen) atoms. The average molecular weight is 329 g/mol. The third-order valence-electron chi connectivity index (χ3n) is 3.68. The Kier molecular flexibility index (Phi) is 6.10. The monoisotopic (exact) mass is 328 g/mol. The summed E-state index contributed by atoms with van der Waals surface area (Å²) < 4.78 is 27.0. The summed E-state index contributed by atoms with van der Waals surface area (Å²) in [4.78, 5) is 0.411. The van der Waals surface area contributed by atoms with Gasteiger partial charge in [0.15, 0.2) is 0 Å². The van der Waals surface area contributed by atoms with Gasteiger partial charge in [-0.3, -0.25) is 0 Å². The molecule has 1 atom stereocenters. The minimum atomic E-state index is -3.35. The van der Waals surface area contributed by atoms with Gasteiger partial charge in [-0.05, 0) is 44.1 Å². The summed E-state index contributed by atoms with van der Waals surface area (Å²) in [6.45, 7) is 6.54. The Hall–Kier alpha value is -0.560. The van der Waals surface area contributed by atoms with E-state index in [4.69, 9.17) is 0 Å². The summed E-state index contributed by atoms with van der Waals surface area (Å²) in [6, 6.07) is 7.40. The first-order valence-corrected chi connectivity index (χ1v) is 10.0. The summed E-state index contributed by atoms with van der Waals surface area (Å²) >= 11 is 1.82. The highest BCUT2D eigenvalue weighted by molar-refractivity contribution is 7.99. The predicted octanol–water partition coefficient (Wildman–Crippen LogP) is 1.96. The fraction of sp³-hybridized carbons (Fsp3) is 0.600. The van der Waals surface area contributed by atoms with E-state index in [-0.39, 0.29) is 6.04 Å². The van der Waals surface area contributed by atoms with Gasteiger partial charge in [0, 0.05) is 24.1 Å². The first-order chi connectivity index (χ1) is 10.1. The fourth-order valence-electron chi connectivity index (χ4n) is 2.44. The van der Waals surface area contributed by atoms with Gasteiger partial charge in [-0.25, -0.2) is 8.42 Å². The molecule has 0 aromatic heterocycles. The van der Waals surface area contributed by atoms with Gasteiger partial charge in [0.1, 0.15) is 0 Å². The van der Waals surface area contributed by atoms with Crippen LogP contribution < -0.4 is 5.32 Å². The number of nitrogens with one attached hydrogen (secondary N) is 1. The number of sulfonamides is 1. The van der Waals surface area contributed by atoms with Crippen molar-refractivity contribution in [2.45, 2.75) is 31.2 Å². The lowest BCUT2D eigenvalue weighted by atomic mass is 10.1. The van der Waals surface area contributed by atoms with Crippen molar-refractivity contribution in [3.8, 4) is 0 Å². The van der Waals surface area contributed by atoms with E-state index < -0.39 is 10.0 Å². The number of hydrogen-bond donors (Lipinski definition) is 1. The molecule has 6 heteroatoms. The lowest BCUT2D eigenvalue weighted by molar-refractivity contribution is 0.367. The Morgan fingerprint density at radius 3 is 2.67 bits per heavy atom. The second-order valence-electron chi connectivity index (χ2n) is 5.29. The molecule has 1 aromatic rings. The summed E-state index contributed by atoms with van der Waals surface area (Å²) in [5.41, 5.74) is 1.16. The third-order valence-corrected chi connectivity index (χ3v) is 6.89. The topological polar surface area (TPSA) is 49.4 Å². The Morgan fingerprint density at radius 2 is 2.05 bits per heavy atom. The maximum Gasteiger partial charge on any atom is 0.243 e. The number of nitrogens with zero attached hydrogens (tertiary/aromatic N) is 1. The molecule has 1 fully saturated rings. The van der Waals surface area contributed by atoms with Crippen molar-refractivity contribution < 1.29 is 8.42 Å². The highest BCUT2D eigenvalue weighted by atomic mass is 32.2. The predicted molar refractivity (Wildman–Crippen MR) is 89.4 cm³/mol. The zero-order valence-electron chi connectivity index (χ0n) is 12.7. The van der Waals surface area contributed by atoms with Crippen LogP contribution in [0.5, 0.6) is 0 Å². The fourth-order valence-corrected chi connectivity index (χ4v) is 5.30. The highest BCUT2D eigenvalue weighted by Gasteiger charge is 2.30. The molecule has 1 aliphatic heterocycles. The third kappa shape index (κ3) is 4.22. The van der Waals surface area contributed by atoms with Crippen molar-refractivity contribution in [3.05, 3.63) is 29.8 Å². The van der Waals surface area contributed by atoms with Gasteiger partial charge in [-0.1, -0.05) is 19.1 Å². The van der Waals surface area contributed by atoms with Crippen LogP contribution in [0.15, 0.2) is 29.2 Å². The molecular weight excluding hydrogens is 304 g/mol. The summed E-state index contributed by atoms with van der Waals surface area (Å²) in [5, 5.41) is 3.27. The number of hydrogen-bond acceptors (Lipinski definition) is 4. The molecular formula is C15H24N2O2S2. The molecule has 0 spiro atoms. The van der Waals surface area contributed by atoms with E-state index in [2.05, 4.69) is 12.2 Å². The van der Waals surface area contributed by atoms with Crippen LogP contribution in [0.2, 0.25) is 0 Å². The lowest BCUT2D eigenvalue weighted by Gasteiger charge is -2.31. The Balaban J connectivity index is 2.09.